The lowest BCUT2D eigenvalue weighted by Crippen LogP contribution is -2.30. The number of nitrogens with zero attached hydrogens (tertiary/aromatic N) is 3. The number of carbonyl (C=O) groups is 1. The first-order chi connectivity index (χ1) is 13.4. The lowest BCUT2D eigenvalue weighted by molar-refractivity contribution is 0.0786. The Morgan fingerprint density at radius 2 is 1.89 bits per heavy atom. The third-order valence-electron chi connectivity index (χ3n) is 4.62. The lowest BCUT2D eigenvalue weighted by atomic mass is 10.1. The highest BCUT2D eigenvalue weighted by Crippen LogP contribution is 2.28. The van der Waals surface area contributed by atoms with Crippen molar-refractivity contribution in [2.45, 2.75) is 13.3 Å². The van der Waals surface area contributed by atoms with Gasteiger partial charge in [0, 0.05) is 26.7 Å². The molecule has 0 radical (unpaired) electrons. The van der Waals surface area contributed by atoms with Gasteiger partial charge in [-0.3, -0.25) is 9.48 Å². The van der Waals surface area contributed by atoms with E-state index in [2.05, 4.69) is 5.10 Å². The molecule has 0 spiro atoms. The second-order valence-electron chi connectivity index (χ2n) is 6.61. The highest BCUT2D eigenvalue weighted by atomic mass is 16.5. The molecule has 2 heterocycles. The van der Waals surface area contributed by atoms with Crippen LogP contribution in [-0.2, 0) is 13.5 Å². The van der Waals surface area contributed by atoms with E-state index in [0.717, 1.165) is 11.3 Å². The number of hydrogen-bond donors (Lipinski definition) is 0. The van der Waals surface area contributed by atoms with Gasteiger partial charge in [-0.25, -0.2) is 0 Å². The minimum atomic E-state index is -0.0926. The monoisotopic (exact) mass is 383 g/mol. The molecule has 1 aromatic carbocycles. The van der Waals surface area contributed by atoms with Gasteiger partial charge in [0.05, 0.1) is 14.2 Å². The van der Waals surface area contributed by atoms with Crippen LogP contribution in [0.4, 0.5) is 0 Å². The molecule has 0 atom stereocenters. The molecule has 0 bridgehead atoms. The molecule has 7 nitrogen and oxygen atoms in total. The summed E-state index contributed by atoms with van der Waals surface area (Å²) in [5.41, 5.74) is 2.22. The first kappa shape index (κ1) is 19.5. The Bertz CT molecular complexity index is 974. The van der Waals surface area contributed by atoms with Crippen molar-refractivity contribution in [1.82, 2.24) is 14.7 Å². The molecule has 3 aromatic rings. The Morgan fingerprint density at radius 3 is 2.54 bits per heavy atom. The van der Waals surface area contributed by atoms with Crippen molar-refractivity contribution in [3.63, 3.8) is 0 Å². The molecular formula is C21H25N3O4. The topological polar surface area (TPSA) is 69.7 Å². The number of likely N-dealkylation sites (N-methyl/N-ethyl adjacent to an activating group) is 1. The normalized spacial score (nSPS) is 10.8. The fourth-order valence-corrected chi connectivity index (χ4v) is 2.99. The molecule has 2 aromatic heterocycles. The highest BCUT2D eigenvalue weighted by molar-refractivity contribution is 5.93. The molecule has 0 aliphatic heterocycles. The van der Waals surface area contributed by atoms with Gasteiger partial charge in [-0.1, -0.05) is 6.07 Å². The number of benzene rings is 1. The van der Waals surface area contributed by atoms with Crippen molar-refractivity contribution in [2.75, 3.05) is 27.8 Å². The van der Waals surface area contributed by atoms with Crippen molar-refractivity contribution in [3.05, 3.63) is 53.4 Å². The Kier molecular flexibility index (Phi) is 5.73. The number of aromatic nitrogens is 2. The third-order valence-corrected chi connectivity index (χ3v) is 4.62. The van der Waals surface area contributed by atoms with Crippen LogP contribution >= 0.6 is 0 Å². The summed E-state index contributed by atoms with van der Waals surface area (Å²) in [5, 5.41) is 4.40. The summed E-state index contributed by atoms with van der Waals surface area (Å²) in [6.07, 6.45) is 0.699. The van der Waals surface area contributed by atoms with Crippen molar-refractivity contribution >= 4 is 5.91 Å². The van der Waals surface area contributed by atoms with Crippen LogP contribution in [-0.4, -0.2) is 48.4 Å². The zero-order valence-electron chi connectivity index (χ0n) is 16.9. The summed E-state index contributed by atoms with van der Waals surface area (Å²) in [4.78, 5) is 14.5. The smallest absolute Gasteiger partial charge is 0.271 e. The summed E-state index contributed by atoms with van der Waals surface area (Å²) in [6.45, 7) is 2.44. The molecule has 0 N–H and O–H groups in total. The van der Waals surface area contributed by atoms with Crippen molar-refractivity contribution in [2.24, 2.45) is 7.05 Å². The lowest BCUT2D eigenvalue weighted by Gasteiger charge is -2.17. The minimum Gasteiger partial charge on any atom is -0.493 e. The van der Waals surface area contributed by atoms with E-state index in [1.54, 1.807) is 44.0 Å². The van der Waals surface area contributed by atoms with Gasteiger partial charge in [0.2, 0.25) is 0 Å². The summed E-state index contributed by atoms with van der Waals surface area (Å²) in [7, 11) is 6.76. The van der Waals surface area contributed by atoms with Crippen LogP contribution in [0.1, 0.15) is 21.8 Å². The van der Waals surface area contributed by atoms with Crippen LogP contribution < -0.4 is 9.47 Å². The predicted octanol–water partition coefficient (Wildman–Crippen LogP) is 3.32. The molecule has 0 saturated heterocycles. The largest absolute Gasteiger partial charge is 0.493 e. The van der Waals surface area contributed by atoms with Crippen LogP contribution in [0.3, 0.4) is 0 Å². The van der Waals surface area contributed by atoms with Crippen LogP contribution in [0.5, 0.6) is 11.5 Å². The Morgan fingerprint density at radius 1 is 1.14 bits per heavy atom. The number of carbonyl (C=O) groups excluding carboxylic acids is 1. The molecule has 1 amide bonds. The van der Waals surface area contributed by atoms with E-state index < -0.39 is 0 Å². The zero-order chi connectivity index (χ0) is 20.3. The molecular weight excluding hydrogens is 358 g/mol. The first-order valence-corrected chi connectivity index (χ1v) is 9.00. The van der Waals surface area contributed by atoms with E-state index in [-0.39, 0.29) is 5.91 Å². The average Bonchev–Trinajstić information content (AvgIpc) is 3.30. The second kappa shape index (κ2) is 8.21. The van der Waals surface area contributed by atoms with Crippen LogP contribution in [0.25, 0.3) is 11.5 Å². The van der Waals surface area contributed by atoms with Crippen molar-refractivity contribution in [3.8, 4) is 23.0 Å². The van der Waals surface area contributed by atoms with E-state index in [0.29, 0.717) is 41.6 Å². The summed E-state index contributed by atoms with van der Waals surface area (Å²) in [6, 6.07) is 11.3. The molecule has 148 valence electrons. The van der Waals surface area contributed by atoms with E-state index in [4.69, 9.17) is 13.9 Å². The van der Waals surface area contributed by atoms with Gasteiger partial charge in [0.15, 0.2) is 17.3 Å². The van der Waals surface area contributed by atoms with Crippen LogP contribution in [0, 0.1) is 6.92 Å². The Hall–Kier alpha value is -3.22. The van der Waals surface area contributed by atoms with Gasteiger partial charge in [-0.15, -0.1) is 0 Å². The number of amides is 1. The maximum atomic E-state index is 12.8. The third kappa shape index (κ3) is 4.03. The Labute approximate surface area is 164 Å². The molecule has 0 unspecified atom stereocenters. The number of aryl methyl sites for hydroxylation is 2. The van der Waals surface area contributed by atoms with Gasteiger partial charge >= 0.3 is 0 Å². The SMILES string of the molecule is COc1ccc(CCN(C)C(=O)c2cc(-c3ccc(C)o3)nn2C)cc1OC. The van der Waals surface area contributed by atoms with Crippen molar-refractivity contribution < 1.29 is 18.7 Å². The summed E-state index contributed by atoms with van der Waals surface area (Å²) in [5.74, 6) is 2.73. The first-order valence-electron chi connectivity index (χ1n) is 9.00. The zero-order valence-corrected chi connectivity index (χ0v) is 16.9. The van der Waals surface area contributed by atoms with E-state index in [1.807, 2.05) is 37.3 Å². The van der Waals surface area contributed by atoms with Crippen LogP contribution in [0.2, 0.25) is 0 Å². The molecule has 0 saturated carbocycles. The standard InChI is InChI=1S/C21H25N3O4/c1-14-6-8-18(28-14)16-13-17(24(3)22-16)21(25)23(2)11-10-15-7-9-19(26-4)20(12-15)27-5/h6-9,12-13H,10-11H2,1-5H3. The quantitative estimate of drug-likeness (QED) is 0.626. The van der Waals surface area contributed by atoms with E-state index in [9.17, 15) is 4.79 Å². The second-order valence-corrected chi connectivity index (χ2v) is 6.61. The molecule has 3 rings (SSSR count). The fraction of sp³-hybridized carbons (Fsp3) is 0.333. The summed E-state index contributed by atoms with van der Waals surface area (Å²) < 4.78 is 17.8. The minimum absolute atomic E-state index is 0.0926. The number of methoxy groups -OCH3 is 2. The maximum absolute atomic E-state index is 12.8. The summed E-state index contributed by atoms with van der Waals surface area (Å²) >= 11 is 0. The number of ether oxygens (including phenoxy) is 2. The predicted molar refractivity (Wildman–Crippen MR) is 106 cm³/mol. The van der Waals surface area contributed by atoms with Gasteiger partial charge in [-0.2, -0.15) is 5.10 Å². The molecule has 7 heteroatoms. The van der Waals surface area contributed by atoms with Gasteiger partial charge in [-0.05, 0) is 43.2 Å². The van der Waals surface area contributed by atoms with Crippen molar-refractivity contribution in [1.29, 1.82) is 0 Å². The van der Waals surface area contributed by atoms with Gasteiger partial charge in [0.1, 0.15) is 17.1 Å². The van der Waals surface area contributed by atoms with Gasteiger partial charge in [0.25, 0.3) is 5.91 Å². The molecule has 0 aliphatic carbocycles. The van der Waals surface area contributed by atoms with E-state index >= 15 is 0 Å². The fourth-order valence-electron chi connectivity index (χ4n) is 2.99. The Balaban J connectivity index is 1.69. The number of furan rings is 1. The van der Waals surface area contributed by atoms with Gasteiger partial charge < -0.3 is 18.8 Å². The molecule has 0 fully saturated rings. The molecule has 28 heavy (non-hydrogen) atoms. The molecule has 0 aliphatic rings. The van der Waals surface area contributed by atoms with Crippen LogP contribution in [0.15, 0.2) is 40.8 Å². The van der Waals surface area contributed by atoms with E-state index in [1.165, 1.54) is 0 Å². The highest BCUT2D eigenvalue weighted by Gasteiger charge is 2.19. The number of rotatable bonds is 7. The number of hydrogen-bond acceptors (Lipinski definition) is 5. The average molecular weight is 383 g/mol. The maximum Gasteiger partial charge on any atom is 0.271 e.